The third kappa shape index (κ3) is 1.92. The van der Waals surface area contributed by atoms with Crippen molar-refractivity contribution in [2.45, 2.75) is 31.0 Å². The zero-order valence-electron chi connectivity index (χ0n) is 16.3. The Hall–Kier alpha value is -3.12. The van der Waals surface area contributed by atoms with E-state index in [2.05, 4.69) is 0 Å². The second-order valence-corrected chi connectivity index (χ2v) is 8.62. The van der Waals surface area contributed by atoms with Crippen molar-refractivity contribution in [2.24, 2.45) is 11.8 Å². The Morgan fingerprint density at radius 2 is 1.47 bits per heavy atom. The molecule has 2 amide bonds. The van der Waals surface area contributed by atoms with Gasteiger partial charge in [-0.15, -0.1) is 0 Å². The fraction of sp³-hybridized carbons (Fsp3) is 0.333. The van der Waals surface area contributed by atoms with E-state index in [-0.39, 0.29) is 30.1 Å². The molecule has 0 radical (unpaired) electrons. The van der Waals surface area contributed by atoms with Crippen LogP contribution in [0.5, 0.6) is 0 Å². The molecule has 0 unspecified atom stereocenters. The van der Waals surface area contributed by atoms with Crippen molar-refractivity contribution < 1.29 is 19.2 Å². The highest BCUT2D eigenvalue weighted by molar-refractivity contribution is 6.35. The molecule has 30 heavy (non-hydrogen) atoms. The van der Waals surface area contributed by atoms with Gasteiger partial charge in [0.05, 0.1) is 18.4 Å². The van der Waals surface area contributed by atoms with Gasteiger partial charge in [-0.25, -0.2) is 0 Å². The third-order valence-corrected chi connectivity index (χ3v) is 7.35. The van der Waals surface area contributed by atoms with Gasteiger partial charge in [-0.05, 0) is 24.9 Å². The van der Waals surface area contributed by atoms with Crippen LogP contribution in [-0.4, -0.2) is 51.3 Å². The Labute approximate surface area is 173 Å². The lowest BCUT2D eigenvalue weighted by molar-refractivity contribution is -0.142. The molecule has 6 rings (SSSR count). The van der Waals surface area contributed by atoms with Crippen LogP contribution in [0.2, 0.25) is 0 Å². The average molecular weight is 400 g/mol. The quantitative estimate of drug-likeness (QED) is 0.570. The number of carbonyl (C=O) groups is 4. The Morgan fingerprint density at radius 1 is 0.833 bits per heavy atom. The lowest BCUT2D eigenvalue weighted by Gasteiger charge is -2.35. The number of imide groups is 1. The molecule has 0 aromatic heterocycles. The highest BCUT2D eigenvalue weighted by atomic mass is 16.2. The molecule has 1 spiro atoms. The van der Waals surface area contributed by atoms with E-state index < -0.39 is 23.3 Å². The number of rotatable bonds is 2. The fourth-order valence-corrected chi connectivity index (χ4v) is 6.22. The van der Waals surface area contributed by atoms with Crippen molar-refractivity contribution in [2.75, 3.05) is 6.54 Å². The minimum absolute atomic E-state index is 0.170. The Kier molecular flexibility index (Phi) is 3.51. The lowest BCUT2D eigenvalue weighted by Crippen LogP contribution is -2.59. The van der Waals surface area contributed by atoms with Crippen molar-refractivity contribution >= 4 is 23.4 Å². The number of nitrogens with zero attached hydrogens (tertiary/aromatic N) is 2. The SMILES string of the molecule is O=C1[C@@H]2[C@@H](C(=O)N1Cc1ccccc1)C1(C(=O)c3ccccc3C1=O)N1CCC[C@@H]21. The van der Waals surface area contributed by atoms with E-state index in [4.69, 9.17) is 0 Å². The molecule has 0 bridgehead atoms. The number of hydrogen-bond acceptors (Lipinski definition) is 5. The predicted molar refractivity (Wildman–Crippen MR) is 107 cm³/mol. The van der Waals surface area contributed by atoms with Gasteiger partial charge in [-0.2, -0.15) is 0 Å². The zero-order chi connectivity index (χ0) is 20.6. The minimum Gasteiger partial charge on any atom is -0.291 e. The molecule has 6 nitrogen and oxygen atoms in total. The highest BCUT2D eigenvalue weighted by Gasteiger charge is 2.76. The van der Waals surface area contributed by atoms with E-state index in [1.54, 1.807) is 24.3 Å². The molecule has 3 heterocycles. The van der Waals surface area contributed by atoms with Crippen molar-refractivity contribution in [3.05, 3.63) is 71.3 Å². The molecule has 6 heteroatoms. The van der Waals surface area contributed by atoms with E-state index in [0.29, 0.717) is 17.7 Å². The molecule has 3 aliphatic heterocycles. The van der Waals surface area contributed by atoms with Crippen LogP contribution in [-0.2, 0) is 16.1 Å². The first-order chi connectivity index (χ1) is 14.6. The van der Waals surface area contributed by atoms with E-state index >= 15 is 0 Å². The Morgan fingerprint density at radius 3 is 2.13 bits per heavy atom. The molecule has 150 valence electrons. The van der Waals surface area contributed by atoms with Crippen LogP contribution in [0.1, 0.15) is 39.1 Å². The van der Waals surface area contributed by atoms with E-state index in [1.165, 1.54) is 4.90 Å². The molecule has 3 saturated heterocycles. The maximum atomic E-state index is 13.7. The van der Waals surface area contributed by atoms with Gasteiger partial charge in [0.2, 0.25) is 11.8 Å². The number of carbonyl (C=O) groups excluding carboxylic acids is 4. The van der Waals surface area contributed by atoms with E-state index in [0.717, 1.165) is 18.4 Å². The monoisotopic (exact) mass is 400 g/mol. The van der Waals surface area contributed by atoms with Gasteiger partial charge in [0.1, 0.15) is 0 Å². The number of hydrogen-bond donors (Lipinski definition) is 0. The van der Waals surface area contributed by atoms with Crippen LogP contribution < -0.4 is 0 Å². The summed E-state index contributed by atoms with van der Waals surface area (Å²) in [5, 5.41) is 0. The normalized spacial score (nSPS) is 29.1. The molecular weight excluding hydrogens is 380 g/mol. The van der Waals surface area contributed by atoms with Crippen LogP contribution in [0.15, 0.2) is 54.6 Å². The average Bonchev–Trinajstić information content (AvgIpc) is 3.46. The largest absolute Gasteiger partial charge is 0.291 e. The third-order valence-electron chi connectivity index (χ3n) is 7.35. The smallest absolute Gasteiger partial charge is 0.236 e. The Bertz CT molecular complexity index is 1090. The summed E-state index contributed by atoms with van der Waals surface area (Å²) in [6.07, 6.45) is 1.53. The van der Waals surface area contributed by atoms with Gasteiger partial charge in [0.15, 0.2) is 17.1 Å². The first kappa shape index (κ1) is 17.7. The van der Waals surface area contributed by atoms with Gasteiger partial charge in [0, 0.05) is 17.2 Å². The number of benzene rings is 2. The van der Waals surface area contributed by atoms with E-state index in [9.17, 15) is 19.2 Å². The molecule has 3 fully saturated rings. The molecule has 2 aromatic rings. The van der Waals surface area contributed by atoms with Gasteiger partial charge in [0.25, 0.3) is 0 Å². The highest BCUT2D eigenvalue weighted by Crippen LogP contribution is 2.56. The zero-order valence-corrected chi connectivity index (χ0v) is 16.3. The first-order valence-corrected chi connectivity index (χ1v) is 10.4. The molecule has 1 aliphatic carbocycles. The van der Waals surface area contributed by atoms with Gasteiger partial charge in [-0.1, -0.05) is 54.6 Å². The second kappa shape index (κ2) is 5.95. The summed E-state index contributed by atoms with van der Waals surface area (Å²) in [5.74, 6) is -2.84. The van der Waals surface area contributed by atoms with Crippen molar-refractivity contribution in [1.29, 1.82) is 0 Å². The number of amides is 2. The van der Waals surface area contributed by atoms with Crippen LogP contribution in [0.3, 0.4) is 0 Å². The van der Waals surface area contributed by atoms with Crippen molar-refractivity contribution in [3.63, 3.8) is 0 Å². The van der Waals surface area contributed by atoms with Crippen LogP contribution >= 0.6 is 0 Å². The number of Topliss-reactive ketones (excluding diaryl/α,β-unsaturated/α-hetero) is 2. The number of likely N-dealkylation sites (tertiary alicyclic amines) is 1. The topological polar surface area (TPSA) is 74.8 Å². The van der Waals surface area contributed by atoms with Crippen LogP contribution in [0.4, 0.5) is 0 Å². The molecule has 2 aromatic carbocycles. The summed E-state index contributed by atoms with van der Waals surface area (Å²) >= 11 is 0. The van der Waals surface area contributed by atoms with Crippen molar-refractivity contribution in [3.8, 4) is 0 Å². The minimum atomic E-state index is -1.56. The fourth-order valence-electron chi connectivity index (χ4n) is 6.22. The number of fused-ring (bicyclic) bond motifs is 6. The van der Waals surface area contributed by atoms with Gasteiger partial charge >= 0.3 is 0 Å². The molecule has 0 N–H and O–H groups in total. The summed E-state index contributed by atoms with van der Waals surface area (Å²) in [6, 6.07) is 15.9. The predicted octanol–water partition coefficient (Wildman–Crippen LogP) is 2.08. The van der Waals surface area contributed by atoms with Crippen LogP contribution in [0.25, 0.3) is 0 Å². The maximum Gasteiger partial charge on any atom is 0.236 e. The summed E-state index contributed by atoms with van der Waals surface area (Å²) in [5.41, 5.74) is 0.0308. The van der Waals surface area contributed by atoms with Gasteiger partial charge < -0.3 is 0 Å². The maximum absolute atomic E-state index is 13.7. The summed E-state index contributed by atoms with van der Waals surface area (Å²) in [7, 11) is 0. The molecule has 4 aliphatic rings. The summed E-state index contributed by atoms with van der Waals surface area (Å²) in [6.45, 7) is 0.728. The Balaban J connectivity index is 1.49. The molecular formula is C24H20N2O4. The van der Waals surface area contributed by atoms with E-state index in [1.807, 2.05) is 35.2 Å². The number of ketones is 2. The summed E-state index contributed by atoms with van der Waals surface area (Å²) < 4.78 is 0. The van der Waals surface area contributed by atoms with Gasteiger partial charge in [-0.3, -0.25) is 29.0 Å². The second-order valence-electron chi connectivity index (χ2n) is 8.62. The standard InChI is InChI=1S/C24H20N2O4/c27-20-15-9-4-5-10-16(15)21(28)24(20)19-18(17-11-6-12-26(17)24)22(29)25(23(19)30)13-14-7-2-1-3-8-14/h1-5,7-10,17-19H,6,11-13H2/t17-,18-,19-/m0/s1. The summed E-state index contributed by atoms with van der Waals surface area (Å²) in [4.78, 5) is 57.6. The van der Waals surface area contributed by atoms with Crippen molar-refractivity contribution in [1.82, 2.24) is 9.80 Å². The lowest BCUT2D eigenvalue weighted by atomic mass is 9.76. The van der Waals surface area contributed by atoms with Crippen LogP contribution in [0, 0.1) is 11.8 Å². The molecule has 3 atom stereocenters. The first-order valence-electron chi connectivity index (χ1n) is 10.4. The molecule has 0 saturated carbocycles.